The Morgan fingerprint density at radius 1 is 1.19 bits per heavy atom. The van der Waals surface area contributed by atoms with Gasteiger partial charge in [0, 0.05) is 17.8 Å². The molecule has 0 bridgehead atoms. The lowest BCUT2D eigenvalue weighted by Crippen LogP contribution is -2.25. The lowest BCUT2D eigenvalue weighted by atomic mass is 10.1. The van der Waals surface area contributed by atoms with E-state index in [1.165, 1.54) is 37.4 Å². The van der Waals surface area contributed by atoms with Gasteiger partial charge < -0.3 is 10.1 Å². The van der Waals surface area contributed by atoms with E-state index >= 15 is 0 Å². The molecule has 2 N–H and O–H groups in total. The molecule has 0 atom stereocenters. The van der Waals surface area contributed by atoms with Gasteiger partial charge in [0.1, 0.15) is 16.5 Å². The largest absolute Gasteiger partial charge is 0.495 e. The highest BCUT2D eigenvalue weighted by Crippen LogP contribution is 2.26. The number of anilines is 1. The van der Waals surface area contributed by atoms with Crippen LogP contribution in [0.1, 0.15) is 29.3 Å². The van der Waals surface area contributed by atoms with Gasteiger partial charge >= 0.3 is 0 Å². The number of benzene rings is 2. The van der Waals surface area contributed by atoms with Crippen molar-refractivity contribution < 1.29 is 22.3 Å². The number of ether oxygens (including phenoxy) is 1. The van der Waals surface area contributed by atoms with Crippen LogP contribution in [0.5, 0.6) is 5.75 Å². The zero-order valence-electron chi connectivity index (χ0n) is 14.8. The Balaban J connectivity index is 2.37. The van der Waals surface area contributed by atoms with E-state index in [0.29, 0.717) is 17.7 Å². The minimum Gasteiger partial charge on any atom is -0.495 e. The van der Waals surface area contributed by atoms with E-state index in [1.807, 2.05) is 6.92 Å². The smallest absolute Gasteiger partial charge is 0.255 e. The minimum absolute atomic E-state index is 0.117. The average Bonchev–Trinajstić information content (AvgIpc) is 2.62. The van der Waals surface area contributed by atoms with Crippen LogP contribution in [0, 0.1) is 12.7 Å². The number of carbonyl (C=O) groups excluding carboxylic acids is 1. The minimum atomic E-state index is -3.82. The Morgan fingerprint density at radius 3 is 2.58 bits per heavy atom. The van der Waals surface area contributed by atoms with Gasteiger partial charge in [-0.3, -0.25) is 4.79 Å². The summed E-state index contributed by atoms with van der Waals surface area (Å²) in [4.78, 5) is 12.4. The molecule has 1 amide bonds. The SMILES string of the molecule is CCCNS(=O)(=O)c1cc(C(=O)Nc2cc(F)ccc2C)ccc1OC. The van der Waals surface area contributed by atoms with Gasteiger partial charge in [0.2, 0.25) is 10.0 Å². The van der Waals surface area contributed by atoms with Gasteiger partial charge in [-0.05, 0) is 49.2 Å². The van der Waals surface area contributed by atoms with Gasteiger partial charge in [-0.25, -0.2) is 17.5 Å². The molecule has 0 spiro atoms. The van der Waals surface area contributed by atoms with Gasteiger partial charge in [0.25, 0.3) is 5.91 Å². The molecule has 26 heavy (non-hydrogen) atoms. The zero-order chi connectivity index (χ0) is 19.3. The lowest BCUT2D eigenvalue weighted by Gasteiger charge is -2.13. The van der Waals surface area contributed by atoms with Crippen LogP contribution in [0.3, 0.4) is 0 Å². The molecule has 0 unspecified atom stereocenters. The Hall–Kier alpha value is -2.45. The number of hydrogen-bond acceptors (Lipinski definition) is 4. The molecule has 140 valence electrons. The highest BCUT2D eigenvalue weighted by atomic mass is 32.2. The molecule has 0 aliphatic rings. The molecule has 0 fully saturated rings. The number of amides is 1. The van der Waals surface area contributed by atoms with Gasteiger partial charge in [-0.2, -0.15) is 0 Å². The molecule has 0 saturated carbocycles. The molecule has 8 heteroatoms. The first-order valence-corrected chi connectivity index (χ1v) is 9.52. The standard InChI is InChI=1S/C18H21FN2O4S/c1-4-9-20-26(23,24)17-10-13(6-8-16(17)25-3)18(22)21-15-11-14(19)7-5-12(15)2/h5-8,10-11,20H,4,9H2,1-3H3,(H,21,22). The number of methoxy groups -OCH3 is 1. The lowest BCUT2D eigenvalue weighted by molar-refractivity contribution is 0.102. The second-order valence-electron chi connectivity index (χ2n) is 5.68. The molecule has 6 nitrogen and oxygen atoms in total. The number of halogens is 1. The van der Waals surface area contributed by atoms with E-state index in [1.54, 1.807) is 13.0 Å². The summed E-state index contributed by atoms with van der Waals surface area (Å²) < 4.78 is 45.8. The summed E-state index contributed by atoms with van der Waals surface area (Å²) in [5.74, 6) is -0.895. The van der Waals surface area contributed by atoms with Crippen molar-refractivity contribution in [2.45, 2.75) is 25.2 Å². The van der Waals surface area contributed by atoms with Crippen LogP contribution >= 0.6 is 0 Å². The highest BCUT2D eigenvalue weighted by molar-refractivity contribution is 7.89. The average molecular weight is 380 g/mol. The highest BCUT2D eigenvalue weighted by Gasteiger charge is 2.21. The van der Waals surface area contributed by atoms with E-state index < -0.39 is 21.7 Å². The first kappa shape index (κ1) is 19.9. The fourth-order valence-corrected chi connectivity index (χ4v) is 3.59. The van der Waals surface area contributed by atoms with Crippen molar-refractivity contribution in [1.82, 2.24) is 4.72 Å². The third-order valence-electron chi connectivity index (χ3n) is 3.71. The number of rotatable bonds is 7. The molecular formula is C18H21FN2O4S. The van der Waals surface area contributed by atoms with Crippen LogP contribution in [-0.2, 0) is 10.0 Å². The first-order chi connectivity index (χ1) is 12.3. The van der Waals surface area contributed by atoms with Crippen LogP contribution in [-0.4, -0.2) is 28.0 Å². The van der Waals surface area contributed by atoms with Crippen molar-refractivity contribution in [3.05, 3.63) is 53.3 Å². The predicted molar refractivity (Wildman–Crippen MR) is 97.6 cm³/mol. The van der Waals surface area contributed by atoms with Crippen LogP contribution in [0.2, 0.25) is 0 Å². The summed E-state index contributed by atoms with van der Waals surface area (Å²) >= 11 is 0. The maximum absolute atomic E-state index is 13.4. The second kappa shape index (κ2) is 8.29. The van der Waals surface area contributed by atoms with E-state index in [2.05, 4.69) is 10.0 Å². The van der Waals surface area contributed by atoms with Crippen LogP contribution in [0.4, 0.5) is 10.1 Å². The molecular weight excluding hydrogens is 359 g/mol. The molecule has 0 aliphatic carbocycles. The molecule has 0 aromatic heterocycles. The Bertz CT molecular complexity index is 913. The van der Waals surface area contributed by atoms with Crippen LogP contribution in [0.25, 0.3) is 0 Å². The number of carbonyl (C=O) groups is 1. The third kappa shape index (κ3) is 4.59. The van der Waals surface area contributed by atoms with Crippen molar-refractivity contribution in [3.63, 3.8) is 0 Å². The number of sulfonamides is 1. The van der Waals surface area contributed by atoms with Crippen LogP contribution in [0.15, 0.2) is 41.3 Å². The Kier molecular flexibility index (Phi) is 6.33. The van der Waals surface area contributed by atoms with E-state index in [-0.39, 0.29) is 22.8 Å². The van der Waals surface area contributed by atoms with Gasteiger partial charge in [-0.1, -0.05) is 13.0 Å². The summed E-state index contributed by atoms with van der Waals surface area (Å²) in [5, 5.41) is 2.59. The quantitative estimate of drug-likeness (QED) is 0.773. The summed E-state index contributed by atoms with van der Waals surface area (Å²) in [6, 6.07) is 8.14. The van der Waals surface area contributed by atoms with Crippen LogP contribution < -0.4 is 14.8 Å². The maximum atomic E-state index is 13.4. The van der Waals surface area contributed by atoms with Crippen molar-refractivity contribution in [2.24, 2.45) is 0 Å². The second-order valence-corrected chi connectivity index (χ2v) is 7.41. The third-order valence-corrected chi connectivity index (χ3v) is 5.19. The molecule has 0 heterocycles. The maximum Gasteiger partial charge on any atom is 0.255 e. The predicted octanol–water partition coefficient (Wildman–Crippen LogP) is 3.08. The summed E-state index contributed by atoms with van der Waals surface area (Å²) in [7, 11) is -2.47. The fraction of sp³-hybridized carbons (Fsp3) is 0.278. The first-order valence-electron chi connectivity index (χ1n) is 8.03. The number of nitrogens with one attached hydrogen (secondary N) is 2. The number of aryl methyl sites for hydroxylation is 1. The fourth-order valence-electron chi connectivity index (χ4n) is 2.27. The molecule has 2 aromatic carbocycles. The number of hydrogen-bond donors (Lipinski definition) is 2. The Morgan fingerprint density at radius 2 is 1.92 bits per heavy atom. The van der Waals surface area contributed by atoms with Crippen molar-refractivity contribution >= 4 is 21.6 Å². The Labute approximate surface area is 152 Å². The van der Waals surface area contributed by atoms with E-state index in [4.69, 9.17) is 4.74 Å². The van der Waals surface area contributed by atoms with Gasteiger partial charge in [0.05, 0.1) is 7.11 Å². The molecule has 0 aliphatic heterocycles. The summed E-state index contributed by atoms with van der Waals surface area (Å²) in [6.45, 7) is 3.84. The van der Waals surface area contributed by atoms with Crippen molar-refractivity contribution in [1.29, 1.82) is 0 Å². The van der Waals surface area contributed by atoms with Crippen molar-refractivity contribution in [2.75, 3.05) is 19.0 Å². The van der Waals surface area contributed by atoms with E-state index in [0.717, 1.165) is 0 Å². The summed E-state index contributed by atoms with van der Waals surface area (Å²) in [5.41, 5.74) is 1.12. The molecule has 0 radical (unpaired) electrons. The van der Waals surface area contributed by atoms with Crippen molar-refractivity contribution in [3.8, 4) is 5.75 Å². The molecule has 0 saturated heterocycles. The van der Waals surface area contributed by atoms with Gasteiger partial charge in [0.15, 0.2) is 0 Å². The monoisotopic (exact) mass is 380 g/mol. The van der Waals surface area contributed by atoms with E-state index in [9.17, 15) is 17.6 Å². The molecule has 2 aromatic rings. The zero-order valence-corrected chi connectivity index (χ0v) is 15.6. The topological polar surface area (TPSA) is 84.5 Å². The normalized spacial score (nSPS) is 11.2. The van der Waals surface area contributed by atoms with Gasteiger partial charge in [-0.15, -0.1) is 0 Å². The molecule has 2 rings (SSSR count). The summed E-state index contributed by atoms with van der Waals surface area (Å²) in [6.07, 6.45) is 0.626.